The summed E-state index contributed by atoms with van der Waals surface area (Å²) >= 11 is 0. The van der Waals surface area contributed by atoms with E-state index in [1.807, 2.05) is 0 Å². The highest BCUT2D eigenvalue weighted by atomic mass is 16.6. The number of hydrogen-bond acceptors (Lipinski definition) is 6. The van der Waals surface area contributed by atoms with Crippen LogP contribution >= 0.6 is 0 Å². The molecule has 0 saturated carbocycles. The van der Waals surface area contributed by atoms with Gasteiger partial charge in [-0.1, -0.05) is 359 Å². The molecule has 0 radical (unpaired) electrons. The zero-order valence-corrected chi connectivity index (χ0v) is 55.5. The predicted molar refractivity (Wildman–Crippen MR) is 358 cm³/mol. The van der Waals surface area contributed by atoms with Crippen LogP contribution in [0.2, 0.25) is 0 Å². The van der Waals surface area contributed by atoms with Crippen molar-refractivity contribution in [1.29, 1.82) is 0 Å². The molecule has 0 aromatic heterocycles. The van der Waals surface area contributed by atoms with E-state index in [0.29, 0.717) is 19.3 Å². The summed E-state index contributed by atoms with van der Waals surface area (Å²) in [5.74, 6) is -0.855. The third-order valence-electron chi connectivity index (χ3n) is 16.8. The summed E-state index contributed by atoms with van der Waals surface area (Å²) < 4.78 is 17.0. The highest BCUT2D eigenvalue weighted by Gasteiger charge is 2.19. The van der Waals surface area contributed by atoms with Gasteiger partial charge in [0.15, 0.2) is 6.10 Å². The zero-order chi connectivity index (χ0) is 59.2. The second-order valence-corrected chi connectivity index (χ2v) is 25.2. The van der Waals surface area contributed by atoms with Gasteiger partial charge in [0.05, 0.1) is 0 Å². The Morgan fingerprint density at radius 2 is 0.463 bits per heavy atom. The normalized spacial score (nSPS) is 12.2. The van der Waals surface area contributed by atoms with E-state index in [1.54, 1.807) is 0 Å². The van der Waals surface area contributed by atoms with E-state index in [1.165, 1.54) is 289 Å². The van der Waals surface area contributed by atoms with Crippen LogP contribution in [0.25, 0.3) is 0 Å². The van der Waals surface area contributed by atoms with Crippen LogP contribution in [-0.2, 0) is 28.6 Å². The maximum atomic E-state index is 13.0. The second kappa shape index (κ2) is 71.1. The summed E-state index contributed by atoms with van der Waals surface area (Å²) in [5, 5.41) is 0. The summed E-state index contributed by atoms with van der Waals surface area (Å²) in [6.45, 7) is 6.65. The lowest BCUT2D eigenvalue weighted by Gasteiger charge is -2.18. The van der Waals surface area contributed by atoms with Gasteiger partial charge in [0, 0.05) is 19.3 Å². The fourth-order valence-electron chi connectivity index (χ4n) is 11.3. The van der Waals surface area contributed by atoms with Gasteiger partial charge in [0.1, 0.15) is 13.2 Å². The summed E-state index contributed by atoms with van der Waals surface area (Å²) in [7, 11) is 0. The SMILES string of the molecule is CCC/C=C\C/C=C\CCCCCCCC(=O)OCC(COC(=O)CCCCCCCCCCCCCCCCCCC/C=C\CCCCCCCCCC)OC(=O)CCCCCCCCCCCCCCCCCCCCCCCC. The third kappa shape index (κ3) is 68.4. The number of unbranched alkanes of at least 4 members (excludes halogenated alkanes) is 52. The van der Waals surface area contributed by atoms with Gasteiger partial charge in [0.25, 0.3) is 0 Å². The highest BCUT2D eigenvalue weighted by Crippen LogP contribution is 2.19. The molecule has 0 aliphatic heterocycles. The molecule has 0 N–H and O–H groups in total. The first kappa shape index (κ1) is 79.6. The molecule has 0 amide bonds. The molecule has 0 aliphatic rings. The number of carbonyl (C=O) groups is 3. The molecule has 0 bridgehead atoms. The van der Waals surface area contributed by atoms with Crippen molar-refractivity contribution in [1.82, 2.24) is 0 Å². The van der Waals surface area contributed by atoms with Gasteiger partial charge in [-0.05, 0) is 70.6 Å². The first-order valence-electron chi connectivity index (χ1n) is 37.0. The molecule has 0 spiro atoms. The molecule has 82 heavy (non-hydrogen) atoms. The average molecular weight is 1150 g/mol. The lowest BCUT2D eigenvalue weighted by atomic mass is 10.0. The smallest absolute Gasteiger partial charge is 0.306 e. The number of esters is 3. The van der Waals surface area contributed by atoms with Gasteiger partial charge in [-0.25, -0.2) is 0 Å². The number of allylic oxidation sites excluding steroid dienone is 6. The van der Waals surface area contributed by atoms with Gasteiger partial charge >= 0.3 is 17.9 Å². The van der Waals surface area contributed by atoms with Crippen molar-refractivity contribution < 1.29 is 28.6 Å². The Morgan fingerprint density at radius 1 is 0.244 bits per heavy atom. The highest BCUT2D eigenvalue weighted by molar-refractivity contribution is 5.71. The zero-order valence-electron chi connectivity index (χ0n) is 55.5. The van der Waals surface area contributed by atoms with Gasteiger partial charge in [-0.2, -0.15) is 0 Å². The third-order valence-corrected chi connectivity index (χ3v) is 16.8. The van der Waals surface area contributed by atoms with Crippen LogP contribution in [0.15, 0.2) is 36.5 Å². The topological polar surface area (TPSA) is 78.9 Å². The van der Waals surface area contributed by atoms with E-state index in [2.05, 4.69) is 57.2 Å². The average Bonchev–Trinajstić information content (AvgIpc) is 3.48. The maximum Gasteiger partial charge on any atom is 0.306 e. The minimum Gasteiger partial charge on any atom is -0.462 e. The summed E-state index contributed by atoms with van der Waals surface area (Å²) in [4.78, 5) is 38.4. The molecule has 6 heteroatoms. The molecule has 0 fully saturated rings. The fraction of sp³-hybridized carbons (Fsp3) is 0.882. The summed E-state index contributed by atoms with van der Waals surface area (Å²) in [6, 6.07) is 0. The number of hydrogen-bond donors (Lipinski definition) is 0. The van der Waals surface area contributed by atoms with Gasteiger partial charge in [-0.3, -0.25) is 14.4 Å². The number of rotatable bonds is 69. The van der Waals surface area contributed by atoms with Gasteiger partial charge in [0.2, 0.25) is 0 Å². The molecule has 0 aromatic rings. The summed E-state index contributed by atoms with van der Waals surface area (Å²) in [6.07, 6.45) is 89.1. The largest absolute Gasteiger partial charge is 0.462 e. The van der Waals surface area contributed by atoms with E-state index in [0.717, 1.165) is 83.5 Å². The molecule has 0 rings (SSSR count). The Hall–Kier alpha value is -2.37. The first-order chi connectivity index (χ1) is 40.5. The van der Waals surface area contributed by atoms with E-state index in [4.69, 9.17) is 14.2 Å². The van der Waals surface area contributed by atoms with E-state index in [9.17, 15) is 14.4 Å². The van der Waals surface area contributed by atoms with E-state index >= 15 is 0 Å². The van der Waals surface area contributed by atoms with Crippen LogP contribution in [-0.4, -0.2) is 37.2 Å². The van der Waals surface area contributed by atoms with Crippen LogP contribution in [0.4, 0.5) is 0 Å². The molecule has 0 aliphatic carbocycles. The first-order valence-corrected chi connectivity index (χ1v) is 37.0. The molecule has 6 nitrogen and oxygen atoms in total. The predicted octanol–water partition coefficient (Wildman–Crippen LogP) is 25.5. The molecular formula is C76H142O6. The quantitative estimate of drug-likeness (QED) is 0.0261. The van der Waals surface area contributed by atoms with Crippen LogP contribution in [0, 0.1) is 0 Å². The molecule has 1 unspecified atom stereocenters. The van der Waals surface area contributed by atoms with Crippen molar-refractivity contribution in [3.8, 4) is 0 Å². The second-order valence-electron chi connectivity index (χ2n) is 25.2. The molecule has 1 atom stereocenters. The minimum atomic E-state index is -0.776. The lowest BCUT2D eigenvalue weighted by molar-refractivity contribution is -0.167. The number of carbonyl (C=O) groups excluding carboxylic acids is 3. The Balaban J connectivity index is 4.18. The Labute approximate surface area is 512 Å². The molecule has 0 aromatic carbocycles. The van der Waals surface area contributed by atoms with E-state index < -0.39 is 6.10 Å². The van der Waals surface area contributed by atoms with Crippen molar-refractivity contribution in [2.24, 2.45) is 0 Å². The Morgan fingerprint density at radius 3 is 0.732 bits per heavy atom. The minimum absolute atomic E-state index is 0.0710. The van der Waals surface area contributed by atoms with Crippen molar-refractivity contribution >= 4 is 17.9 Å². The van der Waals surface area contributed by atoms with Crippen molar-refractivity contribution in [3.63, 3.8) is 0 Å². The fourth-order valence-corrected chi connectivity index (χ4v) is 11.3. The molecule has 482 valence electrons. The molecule has 0 saturated heterocycles. The van der Waals surface area contributed by atoms with Crippen molar-refractivity contribution in [2.75, 3.05) is 13.2 Å². The van der Waals surface area contributed by atoms with Gasteiger partial charge in [-0.15, -0.1) is 0 Å². The number of ether oxygens (including phenoxy) is 3. The molecule has 0 heterocycles. The van der Waals surface area contributed by atoms with Crippen LogP contribution in [0.1, 0.15) is 412 Å². The van der Waals surface area contributed by atoms with E-state index in [-0.39, 0.29) is 31.1 Å². The Bertz CT molecular complexity index is 1370. The van der Waals surface area contributed by atoms with Crippen molar-refractivity contribution in [3.05, 3.63) is 36.5 Å². The monoisotopic (exact) mass is 1150 g/mol. The molecular weight excluding hydrogens is 1010 g/mol. The standard InChI is InChI=1S/C76H142O6/c1-4-7-10-13-16-19-22-25-27-29-31-33-35-36-37-38-39-40-41-43-44-46-48-51-54-57-60-63-66-69-75(78)81-72-73(71-80-74(77)68-65-62-59-56-53-50-24-21-18-15-12-9-6-3)82-76(79)70-67-64-61-58-55-52-49-47-45-42-34-32-30-28-26-23-20-17-14-11-8-5-2/h12,15,21,24,29,31,73H,4-11,13-14,16-20,22-23,25-28,30,32-72H2,1-3H3/b15-12-,24-21-,31-29-. The summed E-state index contributed by atoms with van der Waals surface area (Å²) in [5.41, 5.74) is 0. The Kier molecular flexibility index (Phi) is 69.1. The van der Waals surface area contributed by atoms with Crippen LogP contribution < -0.4 is 0 Å². The van der Waals surface area contributed by atoms with Crippen molar-refractivity contribution in [2.45, 2.75) is 419 Å². The van der Waals surface area contributed by atoms with Gasteiger partial charge < -0.3 is 14.2 Å². The lowest BCUT2D eigenvalue weighted by Crippen LogP contribution is -2.30. The van der Waals surface area contributed by atoms with Crippen LogP contribution in [0.3, 0.4) is 0 Å². The van der Waals surface area contributed by atoms with Crippen LogP contribution in [0.5, 0.6) is 0 Å². The maximum absolute atomic E-state index is 13.0.